The van der Waals surface area contributed by atoms with Gasteiger partial charge in [0.15, 0.2) is 11.5 Å². The molecule has 1 aliphatic rings. The van der Waals surface area contributed by atoms with Gasteiger partial charge < -0.3 is 14.6 Å². The lowest BCUT2D eigenvalue weighted by molar-refractivity contribution is -0.141. The van der Waals surface area contributed by atoms with Crippen LogP contribution in [0.15, 0.2) is 12.1 Å². The van der Waals surface area contributed by atoms with E-state index in [1.807, 2.05) is 0 Å². The molecule has 5 heteroatoms. The number of carboxylic acid groups (broad SMARTS) is 1. The van der Waals surface area contributed by atoms with E-state index in [0.29, 0.717) is 35.8 Å². The number of hydrogen-bond acceptors (Lipinski definition) is 3. The molecular formula is C15H19FO4. The summed E-state index contributed by atoms with van der Waals surface area (Å²) < 4.78 is 25.2. The molecule has 0 fully saturated rings. The lowest BCUT2D eigenvalue weighted by Gasteiger charge is -2.25. The molecular weight excluding hydrogens is 263 g/mol. The van der Waals surface area contributed by atoms with Crippen LogP contribution in [0.2, 0.25) is 0 Å². The van der Waals surface area contributed by atoms with Crippen molar-refractivity contribution < 1.29 is 23.8 Å². The second-order valence-corrected chi connectivity index (χ2v) is 5.58. The van der Waals surface area contributed by atoms with Gasteiger partial charge in [-0.1, -0.05) is 6.92 Å². The van der Waals surface area contributed by atoms with E-state index in [4.69, 9.17) is 14.6 Å². The molecule has 110 valence electrons. The van der Waals surface area contributed by atoms with Gasteiger partial charge in [0, 0.05) is 0 Å². The van der Waals surface area contributed by atoms with Crippen molar-refractivity contribution in [1.82, 2.24) is 0 Å². The van der Waals surface area contributed by atoms with Crippen LogP contribution < -0.4 is 9.47 Å². The first-order valence-corrected chi connectivity index (χ1v) is 6.63. The zero-order valence-corrected chi connectivity index (χ0v) is 11.9. The third-order valence-electron chi connectivity index (χ3n) is 3.35. The Morgan fingerprint density at radius 3 is 2.65 bits per heavy atom. The minimum Gasteiger partial charge on any atom is -0.486 e. The zero-order chi connectivity index (χ0) is 14.9. The van der Waals surface area contributed by atoms with E-state index in [9.17, 15) is 9.18 Å². The number of ether oxygens (including phenoxy) is 2. The quantitative estimate of drug-likeness (QED) is 0.922. The molecule has 0 saturated heterocycles. The fourth-order valence-electron chi connectivity index (χ4n) is 2.14. The lowest BCUT2D eigenvalue weighted by atomic mass is 9.93. The van der Waals surface area contributed by atoms with Crippen LogP contribution in [0.4, 0.5) is 4.39 Å². The highest BCUT2D eigenvalue weighted by Crippen LogP contribution is 2.40. The Hall–Kier alpha value is -1.78. The Kier molecular flexibility index (Phi) is 3.88. The Bertz CT molecular complexity index is 519. The number of aliphatic carboxylic acids is 1. The Morgan fingerprint density at radius 2 is 2.05 bits per heavy atom. The predicted molar refractivity (Wildman–Crippen MR) is 72.1 cm³/mol. The summed E-state index contributed by atoms with van der Waals surface area (Å²) in [6.07, 6.45) is 0.283. The van der Waals surface area contributed by atoms with Crippen molar-refractivity contribution in [2.24, 2.45) is 5.92 Å². The number of fused-ring (bicyclic) bond motifs is 1. The van der Waals surface area contributed by atoms with Crippen molar-refractivity contribution in [3.05, 3.63) is 23.3 Å². The number of carbonyl (C=O) groups is 1. The third kappa shape index (κ3) is 3.03. The zero-order valence-electron chi connectivity index (χ0n) is 11.9. The Morgan fingerprint density at radius 1 is 1.40 bits per heavy atom. The van der Waals surface area contributed by atoms with Gasteiger partial charge in [-0.25, -0.2) is 4.39 Å². The smallest absolute Gasteiger partial charge is 0.306 e. The number of halogens is 1. The van der Waals surface area contributed by atoms with Crippen LogP contribution in [0.5, 0.6) is 11.5 Å². The average Bonchev–Trinajstić information content (AvgIpc) is 2.37. The Labute approximate surface area is 117 Å². The first kappa shape index (κ1) is 14.6. The molecule has 0 bridgehead atoms. The molecule has 0 amide bonds. The van der Waals surface area contributed by atoms with Gasteiger partial charge in [0.2, 0.25) is 0 Å². The molecule has 1 aromatic rings. The first-order valence-electron chi connectivity index (χ1n) is 6.63. The highest BCUT2D eigenvalue weighted by molar-refractivity contribution is 5.70. The van der Waals surface area contributed by atoms with Crippen LogP contribution in [0, 0.1) is 5.92 Å². The maximum absolute atomic E-state index is 14.2. The maximum Gasteiger partial charge on any atom is 0.306 e. The van der Waals surface area contributed by atoms with Crippen molar-refractivity contribution >= 4 is 5.97 Å². The van der Waals surface area contributed by atoms with Crippen molar-refractivity contribution in [2.75, 3.05) is 13.2 Å². The van der Waals surface area contributed by atoms with Gasteiger partial charge in [-0.2, -0.15) is 0 Å². The van der Waals surface area contributed by atoms with Gasteiger partial charge in [-0.15, -0.1) is 0 Å². The van der Waals surface area contributed by atoms with E-state index in [1.165, 1.54) is 13.8 Å². The van der Waals surface area contributed by atoms with E-state index >= 15 is 0 Å². The lowest BCUT2D eigenvalue weighted by Crippen LogP contribution is -2.20. The minimum absolute atomic E-state index is 0.283. The van der Waals surface area contributed by atoms with Crippen LogP contribution >= 0.6 is 0 Å². The molecule has 2 rings (SSSR count). The summed E-state index contributed by atoms with van der Waals surface area (Å²) >= 11 is 0. The minimum atomic E-state index is -1.52. The summed E-state index contributed by atoms with van der Waals surface area (Å²) in [7, 11) is 0. The normalized spacial score (nSPS) is 15.8. The topological polar surface area (TPSA) is 55.8 Å². The van der Waals surface area contributed by atoms with Crippen molar-refractivity contribution in [2.45, 2.75) is 32.9 Å². The summed E-state index contributed by atoms with van der Waals surface area (Å²) in [6.45, 7) is 5.37. The molecule has 1 aromatic carbocycles. The molecule has 1 atom stereocenters. The Balaban J connectivity index is 2.44. The van der Waals surface area contributed by atoms with Gasteiger partial charge in [-0.05, 0) is 43.5 Å². The summed E-state index contributed by atoms with van der Waals surface area (Å²) in [5.74, 6) is -0.424. The summed E-state index contributed by atoms with van der Waals surface area (Å²) in [5.41, 5.74) is -0.371. The van der Waals surface area contributed by atoms with Gasteiger partial charge in [0.25, 0.3) is 0 Å². The van der Waals surface area contributed by atoms with E-state index in [-0.39, 0.29) is 6.42 Å². The first-order chi connectivity index (χ1) is 9.29. The summed E-state index contributed by atoms with van der Waals surface area (Å²) in [5, 5.41) is 9.03. The molecule has 0 saturated carbocycles. The maximum atomic E-state index is 14.2. The third-order valence-corrected chi connectivity index (χ3v) is 3.35. The summed E-state index contributed by atoms with van der Waals surface area (Å²) in [4.78, 5) is 11.0. The standard InChI is InChI=1S/C15H19FO4/c1-9(14(17)18)6-10-7-11(15(2,3)16)8-12-13(10)20-5-4-19-12/h7-9H,4-6H2,1-3H3,(H,17,18). The average molecular weight is 282 g/mol. The van der Waals surface area contributed by atoms with Gasteiger partial charge in [0.1, 0.15) is 18.9 Å². The van der Waals surface area contributed by atoms with E-state index in [0.717, 1.165) is 0 Å². The van der Waals surface area contributed by atoms with Crippen LogP contribution in [0.25, 0.3) is 0 Å². The van der Waals surface area contributed by atoms with E-state index in [2.05, 4.69) is 0 Å². The van der Waals surface area contributed by atoms with Crippen LogP contribution in [-0.4, -0.2) is 24.3 Å². The van der Waals surface area contributed by atoms with E-state index < -0.39 is 17.6 Å². The number of carboxylic acids is 1. The highest BCUT2D eigenvalue weighted by atomic mass is 19.1. The number of benzene rings is 1. The van der Waals surface area contributed by atoms with Crippen molar-refractivity contribution in [3.63, 3.8) is 0 Å². The molecule has 1 unspecified atom stereocenters. The highest BCUT2D eigenvalue weighted by Gasteiger charge is 2.26. The number of rotatable bonds is 4. The van der Waals surface area contributed by atoms with Crippen molar-refractivity contribution in [3.8, 4) is 11.5 Å². The molecule has 1 heterocycles. The number of hydrogen-bond donors (Lipinski definition) is 1. The molecule has 0 spiro atoms. The fraction of sp³-hybridized carbons (Fsp3) is 0.533. The second kappa shape index (κ2) is 5.31. The SMILES string of the molecule is CC(Cc1cc(C(C)(C)F)cc2c1OCCO2)C(=O)O. The number of alkyl halides is 1. The predicted octanol–water partition coefficient (Wildman–Crippen LogP) is 2.93. The van der Waals surface area contributed by atoms with Crippen molar-refractivity contribution in [1.29, 1.82) is 0 Å². The summed E-state index contributed by atoms with van der Waals surface area (Å²) in [6, 6.07) is 3.30. The second-order valence-electron chi connectivity index (χ2n) is 5.58. The van der Waals surface area contributed by atoms with Gasteiger partial charge >= 0.3 is 5.97 Å². The van der Waals surface area contributed by atoms with Gasteiger partial charge in [-0.3, -0.25) is 4.79 Å². The molecule has 1 aliphatic heterocycles. The van der Waals surface area contributed by atoms with Crippen LogP contribution in [-0.2, 0) is 16.9 Å². The molecule has 0 aliphatic carbocycles. The molecule has 0 aromatic heterocycles. The molecule has 0 radical (unpaired) electrons. The van der Waals surface area contributed by atoms with Crippen LogP contribution in [0.1, 0.15) is 31.9 Å². The molecule has 4 nitrogen and oxygen atoms in total. The monoisotopic (exact) mass is 282 g/mol. The molecule has 20 heavy (non-hydrogen) atoms. The fourth-order valence-corrected chi connectivity index (χ4v) is 2.14. The van der Waals surface area contributed by atoms with Crippen LogP contribution in [0.3, 0.4) is 0 Å². The van der Waals surface area contributed by atoms with Gasteiger partial charge in [0.05, 0.1) is 5.92 Å². The largest absolute Gasteiger partial charge is 0.486 e. The molecule has 1 N–H and O–H groups in total. The van der Waals surface area contributed by atoms with E-state index in [1.54, 1.807) is 19.1 Å².